The van der Waals surface area contributed by atoms with E-state index in [-0.39, 0.29) is 27.2 Å². The Hall–Kier alpha value is -1.34. The molecule has 0 atom stereocenters. The number of anilines is 1. The van der Waals surface area contributed by atoms with Crippen molar-refractivity contribution in [3.05, 3.63) is 57.8 Å². The molecule has 0 aliphatic carbocycles. The first-order chi connectivity index (χ1) is 9.85. The van der Waals surface area contributed by atoms with Gasteiger partial charge in [0.25, 0.3) is 10.0 Å². The van der Waals surface area contributed by atoms with Crippen LogP contribution in [0.1, 0.15) is 5.56 Å². The topological polar surface area (TPSA) is 72.2 Å². The Morgan fingerprint density at radius 2 is 1.90 bits per heavy atom. The molecule has 0 amide bonds. The predicted molar refractivity (Wildman–Crippen MR) is 81.6 cm³/mol. The molecular weight excluding hydrogens is 338 g/mol. The highest BCUT2D eigenvalue weighted by Gasteiger charge is 2.20. The van der Waals surface area contributed by atoms with Gasteiger partial charge in [0.15, 0.2) is 0 Å². The van der Waals surface area contributed by atoms with Gasteiger partial charge in [-0.2, -0.15) is 0 Å². The second kappa shape index (κ2) is 6.19. The smallest absolute Gasteiger partial charge is 0.262 e. The summed E-state index contributed by atoms with van der Waals surface area (Å²) >= 11 is 11.8. The Balaban J connectivity index is 2.48. The van der Waals surface area contributed by atoms with Crippen molar-refractivity contribution < 1.29 is 12.8 Å². The molecule has 0 saturated carbocycles. The van der Waals surface area contributed by atoms with E-state index in [0.717, 1.165) is 12.1 Å². The standard InChI is InChI=1S/C13H11Cl2FN2O2S/c14-10-2-1-3-11(13(10)15)18-21(19,20)12-6-9(16)5-4-8(12)7-17/h1-6,18H,7,17H2. The van der Waals surface area contributed by atoms with Crippen LogP contribution in [0.25, 0.3) is 0 Å². The lowest BCUT2D eigenvalue weighted by atomic mass is 10.2. The molecule has 0 aromatic heterocycles. The first kappa shape index (κ1) is 16.0. The summed E-state index contributed by atoms with van der Waals surface area (Å²) in [5.41, 5.74) is 5.88. The Kier molecular flexibility index (Phi) is 4.73. The SMILES string of the molecule is NCc1ccc(F)cc1S(=O)(=O)Nc1cccc(Cl)c1Cl. The van der Waals surface area contributed by atoms with Crippen molar-refractivity contribution >= 4 is 38.9 Å². The largest absolute Gasteiger partial charge is 0.326 e. The molecule has 0 aliphatic heterocycles. The third-order valence-electron chi connectivity index (χ3n) is 2.73. The lowest BCUT2D eigenvalue weighted by Gasteiger charge is -2.13. The summed E-state index contributed by atoms with van der Waals surface area (Å²) in [6, 6.07) is 7.89. The molecule has 0 heterocycles. The summed E-state index contributed by atoms with van der Waals surface area (Å²) in [6.45, 7) is -0.0419. The van der Waals surface area contributed by atoms with E-state index >= 15 is 0 Å². The first-order valence-corrected chi connectivity index (χ1v) is 8.04. The number of sulfonamides is 1. The lowest BCUT2D eigenvalue weighted by molar-refractivity contribution is 0.593. The quantitative estimate of drug-likeness (QED) is 0.889. The van der Waals surface area contributed by atoms with Crippen LogP contribution < -0.4 is 10.5 Å². The summed E-state index contributed by atoms with van der Waals surface area (Å²) < 4.78 is 40.3. The van der Waals surface area contributed by atoms with Crippen molar-refractivity contribution in [2.24, 2.45) is 5.73 Å². The second-order valence-electron chi connectivity index (χ2n) is 4.16. The van der Waals surface area contributed by atoms with Crippen LogP contribution in [0, 0.1) is 5.82 Å². The zero-order chi connectivity index (χ0) is 15.6. The average molecular weight is 349 g/mol. The molecule has 0 spiro atoms. The van der Waals surface area contributed by atoms with Crippen LogP contribution in [0.2, 0.25) is 10.0 Å². The molecule has 0 unspecified atom stereocenters. The zero-order valence-electron chi connectivity index (χ0n) is 10.6. The average Bonchev–Trinajstić information content (AvgIpc) is 2.44. The van der Waals surface area contributed by atoms with Crippen LogP contribution in [-0.2, 0) is 16.6 Å². The number of halogens is 3. The summed E-state index contributed by atoms with van der Waals surface area (Å²) in [5.74, 6) is -0.676. The van der Waals surface area contributed by atoms with Gasteiger partial charge in [-0.1, -0.05) is 35.3 Å². The fourth-order valence-corrected chi connectivity index (χ4v) is 3.47. The Bertz CT molecular complexity index is 782. The molecule has 0 saturated heterocycles. The third-order valence-corrected chi connectivity index (χ3v) is 5.00. The lowest BCUT2D eigenvalue weighted by Crippen LogP contribution is -2.17. The molecule has 0 aliphatic rings. The van der Waals surface area contributed by atoms with Crippen LogP contribution in [0.15, 0.2) is 41.3 Å². The van der Waals surface area contributed by atoms with Crippen molar-refractivity contribution in [1.29, 1.82) is 0 Å². The minimum atomic E-state index is -4.03. The Labute approximate surface area is 131 Å². The van der Waals surface area contributed by atoms with Crippen molar-refractivity contribution in [3.63, 3.8) is 0 Å². The number of benzene rings is 2. The highest BCUT2D eigenvalue weighted by Crippen LogP contribution is 2.31. The molecule has 3 N–H and O–H groups in total. The first-order valence-electron chi connectivity index (χ1n) is 5.80. The minimum Gasteiger partial charge on any atom is -0.326 e. The van der Waals surface area contributed by atoms with E-state index in [2.05, 4.69) is 4.72 Å². The van der Waals surface area contributed by atoms with E-state index in [1.54, 1.807) is 6.07 Å². The monoisotopic (exact) mass is 348 g/mol. The van der Waals surface area contributed by atoms with Gasteiger partial charge >= 0.3 is 0 Å². The van der Waals surface area contributed by atoms with Crippen LogP contribution in [0.4, 0.5) is 10.1 Å². The summed E-state index contributed by atoms with van der Waals surface area (Å²) in [6.07, 6.45) is 0. The third kappa shape index (κ3) is 3.47. The molecule has 4 nitrogen and oxygen atoms in total. The molecule has 0 fully saturated rings. The zero-order valence-corrected chi connectivity index (χ0v) is 12.9. The van der Waals surface area contributed by atoms with Gasteiger partial charge in [0.1, 0.15) is 5.82 Å². The van der Waals surface area contributed by atoms with Gasteiger partial charge in [-0.05, 0) is 29.8 Å². The Morgan fingerprint density at radius 1 is 1.19 bits per heavy atom. The number of nitrogens with one attached hydrogen (secondary N) is 1. The normalized spacial score (nSPS) is 11.4. The van der Waals surface area contributed by atoms with Crippen LogP contribution >= 0.6 is 23.2 Å². The van der Waals surface area contributed by atoms with E-state index in [0.29, 0.717) is 5.56 Å². The fraction of sp³-hybridized carbons (Fsp3) is 0.0769. The van der Waals surface area contributed by atoms with Gasteiger partial charge in [0.05, 0.1) is 20.6 Å². The molecule has 2 aromatic rings. The van der Waals surface area contributed by atoms with Crippen molar-refractivity contribution in [2.75, 3.05) is 4.72 Å². The van der Waals surface area contributed by atoms with Crippen molar-refractivity contribution in [1.82, 2.24) is 0 Å². The van der Waals surface area contributed by atoms with Crippen molar-refractivity contribution in [2.45, 2.75) is 11.4 Å². The number of nitrogens with two attached hydrogens (primary N) is 1. The van der Waals surface area contributed by atoms with Crippen molar-refractivity contribution in [3.8, 4) is 0 Å². The maximum atomic E-state index is 13.3. The van der Waals surface area contributed by atoms with Gasteiger partial charge in [0.2, 0.25) is 0 Å². The Morgan fingerprint density at radius 3 is 2.57 bits per heavy atom. The van der Waals surface area contributed by atoms with Crippen LogP contribution in [-0.4, -0.2) is 8.42 Å². The van der Waals surface area contributed by atoms with Gasteiger partial charge in [0, 0.05) is 6.54 Å². The van der Waals surface area contributed by atoms with Gasteiger partial charge in [-0.15, -0.1) is 0 Å². The molecule has 21 heavy (non-hydrogen) atoms. The fourth-order valence-electron chi connectivity index (χ4n) is 1.73. The maximum absolute atomic E-state index is 13.3. The highest BCUT2D eigenvalue weighted by molar-refractivity contribution is 7.92. The second-order valence-corrected chi connectivity index (χ2v) is 6.60. The number of hydrogen-bond acceptors (Lipinski definition) is 3. The molecule has 2 aromatic carbocycles. The molecule has 8 heteroatoms. The number of rotatable bonds is 4. The molecule has 0 bridgehead atoms. The van der Waals surface area contributed by atoms with Gasteiger partial charge in [-0.3, -0.25) is 4.72 Å². The van der Waals surface area contributed by atoms with Gasteiger partial charge in [-0.25, -0.2) is 12.8 Å². The van der Waals surface area contributed by atoms with E-state index in [1.807, 2.05) is 0 Å². The van der Waals surface area contributed by atoms with E-state index in [9.17, 15) is 12.8 Å². The van der Waals surface area contributed by atoms with E-state index < -0.39 is 15.8 Å². The minimum absolute atomic E-state index is 0.0419. The molecule has 2 rings (SSSR count). The summed E-state index contributed by atoms with van der Waals surface area (Å²) in [7, 11) is -4.03. The summed E-state index contributed by atoms with van der Waals surface area (Å²) in [4.78, 5) is -0.235. The van der Waals surface area contributed by atoms with E-state index in [1.165, 1.54) is 18.2 Å². The number of hydrogen-bond donors (Lipinski definition) is 2. The molecule has 112 valence electrons. The van der Waals surface area contributed by atoms with Crippen LogP contribution in [0.5, 0.6) is 0 Å². The summed E-state index contributed by atoms with van der Waals surface area (Å²) in [5, 5.41) is 0.267. The molecule has 0 radical (unpaired) electrons. The maximum Gasteiger partial charge on any atom is 0.262 e. The highest BCUT2D eigenvalue weighted by atomic mass is 35.5. The van der Waals surface area contributed by atoms with Gasteiger partial charge < -0.3 is 5.73 Å². The predicted octanol–water partition coefficient (Wildman–Crippen LogP) is 3.39. The van der Waals surface area contributed by atoms with E-state index in [4.69, 9.17) is 28.9 Å². The van der Waals surface area contributed by atoms with Crippen LogP contribution in [0.3, 0.4) is 0 Å². The molecular formula is C13H11Cl2FN2O2S.